The van der Waals surface area contributed by atoms with E-state index >= 15 is 0 Å². The molecule has 2 atom stereocenters. The lowest BCUT2D eigenvalue weighted by molar-refractivity contribution is 0.700. The summed E-state index contributed by atoms with van der Waals surface area (Å²) in [7, 11) is 0. The molecule has 1 saturated carbocycles. The molecule has 2 unspecified atom stereocenters. The van der Waals surface area contributed by atoms with Crippen LogP contribution in [-0.4, -0.2) is 18.6 Å². The maximum Gasteiger partial charge on any atom is 0.0234 e. The van der Waals surface area contributed by atoms with Crippen molar-refractivity contribution in [1.29, 1.82) is 0 Å². The Hall–Kier alpha value is -0.0800. The quantitative estimate of drug-likeness (QED) is 0.500. The number of nitrogens with two attached hydrogens (primary N) is 1. The van der Waals surface area contributed by atoms with E-state index in [1.807, 2.05) is 0 Å². The van der Waals surface area contributed by atoms with E-state index in [0.717, 1.165) is 6.54 Å². The molecule has 1 aliphatic rings. The molecule has 1 aliphatic carbocycles. The molecular weight excluding hydrogens is 88.1 g/mol. The minimum Gasteiger partial charge on any atom is -0.326 e. The summed E-state index contributed by atoms with van der Waals surface area (Å²) < 4.78 is 0. The van der Waals surface area contributed by atoms with Gasteiger partial charge in [-0.2, -0.15) is 0 Å². The van der Waals surface area contributed by atoms with Crippen LogP contribution in [0.1, 0.15) is 13.3 Å². The number of rotatable bonds is 2. The Balaban J connectivity index is 1.98. The third kappa shape index (κ3) is 1.14. The molecule has 1 fully saturated rings. The summed E-state index contributed by atoms with van der Waals surface area (Å²) in [6, 6.07) is 1.10. The average molecular weight is 100 g/mol. The number of hydrogen-bond acceptors (Lipinski definition) is 2. The standard InChI is InChI=1S/C5H12N2/c1-2-7-5-3-4(5)6/h4-5,7H,2-3,6H2,1H3. The molecule has 2 heteroatoms. The molecule has 1 rings (SSSR count). The predicted octanol–water partition coefficient (Wildman–Crippen LogP) is -0.305. The second-order valence-electron chi connectivity index (χ2n) is 2.06. The second kappa shape index (κ2) is 1.80. The van der Waals surface area contributed by atoms with Crippen molar-refractivity contribution in [2.24, 2.45) is 5.73 Å². The van der Waals surface area contributed by atoms with Gasteiger partial charge in [-0.1, -0.05) is 6.92 Å². The zero-order valence-corrected chi connectivity index (χ0v) is 4.65. The maximum atomic E-state index is 5.49. The molecule has 0 amide bonds. The van der Waals surface area contributed by atoms with E-state index in [2.05, 4.69) is 12.2 Å². The van der Waals surface area contributed by atoms with Crippen LogP contribution in [0.5, 0.6) is 0 Å². The third-order valence-electron chi connectivity index (χ3n) is 1.31. The van der Waals surface area contributed by atoms with Gasteiger partial charge in [0.2, 0.25) is 0 Å². The van der Waals surface area contributed by atoms with Crippen molar-refractivity contribution >= 4 is 0 Å². The van der Waals surface area contributed by atoms with Crippen molar-refractivity contribution in [3.8, 4) is 0 Å². The topological polar surface area (TPSA) is 38.0 Å². The van der Waals surface area contributed by atoms with Gasteiger partial charge in [0.1, 0.15) is 0 Å². The van der Waals surface area contributed by atoms with Gasteiger partial charge in [-0.05, 0) is 13.0 Å². The molecule has 0 radical (unpaired) electrons. The number of nitrogens with one attached hydrogen (secondary N) is 1. The van der Waals surface area contributed by atoms with Crippen molar-refractivity contribution in [3.63, 3.8) is 0 Å². The summed E-state index contributed by atoms with van der Waals surface area (Å²) in [5.74, 6) is 0. The molecule has 42 valence electrons. The van der Waals surface area contributed by atoms with Crippen LogP contribution in [0.4, 0.5) is 0 Å². The highest BCUT2D eigenvalue weighted by Crippen LogP contribution is 2.16. The van der Waals surface area contributed by atoms with Crippen LogP contribution in [-0.2, 0) is 0 Å². The summed E-state index contributed by atoms with van der Waals surface area (Å²) in [6.45, 7) is 3.16. The first kappa shape index (κ1) is 5.06. The van der Waals surface area contributed by atoms with Gasteiger partial charge in [-0.3, -0.25) is 0 Å². The van der Waals surface area contributed by atoms with Gasteiger partial charge in [-0.15, -0.1) is 0 Å². The normalized spacial score (nSPS) is 38.6. The fourth-order valence-electron chi connectivity index (χ4n) is 0.712. The highest BCUT2D eigenvalue weighted by Gasteiger charge is 2.31. The number of likely N-dealkylation sites (N-methyl/N-ethyl adjacent to an activating group) is 1. The van der Waals surface area contributed by atoms with Gasteiger partial charge in [0.05, 0.1) is 0 Å². The first-order chi connectivity index (χ1) is 3.34. The van der Waals surface area contributed by atoms with Crippen molar-refractivity contribution in [1.82, 2.24) is 5.32 Å². The van der Waals surface area contributed by atoms with E-state index < -0.39 is 0 Å². The van der Waals surface area contributed by atoms with Crippen molar-refractivity contribution in [2.75, 3.05) is 6.54 Å². The Morgan fingerprint density at radius 3 is 2.57 bits per heavy atom. The van der Waals surface area contributed by atoms with E-state index in [4.69, 9.17) is 5.73 Å². The van der Waals surface area contributed by atoms with Gasteiger partial charge < -0.3 is 11.1 Å². The lowest BCUT2D eigenvalue weighted by Gasteiger charge is -1.92. The average Bonchev–Trinajstić information content (AvgIpc) is 2.22. The molecule has 0 aliphatic heterocycles. The largest absolute Gasteiger partial charge is 0.326 e. The monoisotopic (exact) mass is 100 g/mol. The summed E-state index contributed by atoms with van der Waals surface area (Å²) >= 11 is 0. The molecule has 0 spiro atoms. The van der Waals surface area contributed by atoms with E-state index in [-0.39, 0.29) is 0 Å². The van der Waals surface area contributed by atoms with Gasteiger partial charge in [0, 0.05) is 12.1 Å². The van der Waals surface area contributed by atoms with Crippen molar-refractivity contribution in [2.45, 2.75) is 25.4 Å². The Morgan fingerprint density at radius 1 is 1.86 bits per heavy atom. The zero-order valence-electron chi connectivity index (χ0n) is 4.65. The fraction of sp³-hybridized carbons (Fsp3) is 1.00. The third-order valence-corrected chi connectivity index (χ3v) is 1.31. The van der Waals surface area contributed by atoms with Crippen LogP contribution < -0.4 is 11.1 Å². The van der Waals surface area contributed by atoms with Crippen molar-refractivity contribution < 1.29 is 0 Å². The molecular formula is C5H12N2. The fourth-order valence-corrected chi connectivity index (χ4v) is 0.712. The van der Waals surface area contributed by atoms with Crippen LogP contribution in [0, 0.1) is 0 Å². The maximum absolute atomic E-state index is 5.49. The van der Waals surface area contributed by atoms with Crippen molar-refractivity contribution in [3.05, 3.63) is 0 Å². The van der Waals surface area contributed by atoms with Crippen LogP contribution in [0.15, 0.2) is 0 Å². The molecule has 0 saturated heterocycles. The highest BCUT2D eigenvalue weighted by molar-refractivity contribution is 4.96. The van der Waals surface area contributed by atoms with Gasteiger partial charge >= 0.3 is 0 Å². The Bertz CT molecular complexity index is 63.1. The zero-order chi connectivity index (χ0) is 5.28. The predicted molar refractivity (Wildman–Crippen MR) is 30.1 cm³/mol. The molecule has 3 N–H and O–H groups in total. The Morgan fingerprint density at radius 2 is 2.43 bits per heavy atom. The van der Waals surface area contributed by atoms with Gasteiger partial charge in [0.15, 0.2) is 0 Å². The SMILES string of the molecule is CCNC1CC1N. The molecule has 2 nitrogen and oxygen atoms in total. The number of hydrogen-bond donors (Lipinski definition) is 2. The summed E-state index contributed by atoms with van der Waals surface area (Å²) in [4.78, 5) is 0. The molecule has 0 aromatic rings. The smallest absolute Gasteiger partial charge is 0.0234 e. The van der Waals surface area contributed by atoms with E-state index in [0.29, 0.717) is 12.1 Å². The molecule has 0 aromatic carbocycles. The summed E-state index contributed by atoms with van der Waals surface area (Å²) in [6.07, 6.45) is 1.17. The van der Waals surface area contributed by atoms with E-state index in [1.165, 1.54) is 6.42 Å². The lowest BCUT2D eigenvalue weighted by Crippen LogP contribution is -2.21. The molecule has 0 aromatic heterocycles. The van der Waals surface area contributed by atoms with E-state index in [9.17, 15) is 0 Å². The lowest BCUT2D eigenvalue weighted by atomic mass is 10.6. The molecule has 0 bridgehead atoms. The molecule has 0 heterocycles. The summed E-state index contributed by atoms with van der Waals surface area (Å²) in [5.41, 5.74) is 5.49. The van der Waals surface area contributed by atoms with E-state index in [1.54, 1.807) is 0 Å². The van der Waals surface area contributed by atoms with Crippen LogP contribution >= 0.6 is 0 Å². The highest BCUT2D eigenvalue weighted by atomic mass is 15.0. The minimum atomic E-state index is 0.458. The first-order valence-electron chi connectivity index (χ1n) is 2.83. The van der Waals surface area contributed by atoms with Crippen LogP contribution in [0.2, 0.25) is 0 Å². The van der Waals surface area contributed by atoms with Crippen LogP contribution in [0.3, 0.4) is 0 Å². The molecule has 7 heavy (non-hydrogen) atoms. The van der Waals surface area contributed by atoms with Gasteiger partial charge in [0.25, 0.3) is 0 Å². The first-order valence-corrected chi connectivity index (χ1v) is 2.83. The van der Waals surface area contributed by atoms with Crippen LogP contribution in [0.25, 0.3) is 0 Å². The Labute approximate surface area is 44.1 Å². The second-order valence-corrected chi connectivity index (χ2v) is 2.06. The van der Waals surface area contributed by atoms with Gasteiger partial charge in [-0.25, -0.2) is 0 Å². The minimum absolute atomic E-state index is 0.458. The summed E-state index contributed by atoms with van der Waals surface area (Å²) in [5, 5.41) is 3.24. The Kier molecular flexibility index (Phi) is 1.30.